The van der Waals surface area contributed by atoms with Gasteiger partial charge in [0.05, 0.1) is 18.1 Å². The molecule has 3 aromatic rings. The fourth-order valence-corrected chi connectivity index (χ4v) is 2.75. The molecule has 1 aromatic carbocycles. The molecular formula is C16H15N3S. The predicted molar refractivity (Wildman–Crippen MR) is 83.9 cm³/mol. The van der Waals surface area contributed by atoms with Crippen LogP contribution in [0.4, 0.5) is 5.69 Å². The molecule has 0 saturated heterocycles. The average Bonchev–Trinajstić information content (AvgIpc) is 2.92. The third kappa shape index (κ3) is 3.03. The minimum absolute atomic E-state index is 0.753. The molecule has 0 bridgehead atoms. The molecule has 0 atom stereocenters. The van der Waals surface area contributed by atoms with Crippen molar-refractivity contribution in [1.29, 1.82) is 0 Å². The van der Waals surface area contributed by atoms with Crippen LogP contribution in [0.1, 0.15) is 9.75 Å². The van der Waals surface area contributed by atoms with Crippen LogP contribution >= 0.6 is 11.3 Å². The van der Waals surface area contributed by atoms with E-state index in [4.69, 9.17) is 0 Å². The van der Waals surface area contributed by atoms with Crippen LogP contribution < -0.4 is 5.32 Å². The molecule has 0 unspecified atom stereocenters. The van der Waals surface area contributed by atoms with Crippen LogP contribution in [0.5, 0.6) is 0 Å². The van der Waals surface area contributed by atoms with Gasteiger partial charge >= 0.3 is 0 Å². The molecule has 0 aliphatic carbocycles. The number of hydrogen-bond donors (Lipinski definition) is 1. The summed E-state index contributed by atoms with van der Waals surface area (Å²) in [6.45, 7) is 2.93. The molecule has 2 heterocycles. The van der Waals surface area contributed by atoms with Crippen LogP contribution in [-0.4, -0.2) is 9.97 Å². The summed E-state index contributed by atoms with van der Waals surface area (Å²) in [5, 5.41) is 3.34. The lowest BCUT2D eigenvalue weighted by Gasteiger charge is -2.05. The molecule has 0 amide bonds. The summed E-state index contributed by atoms with van der Waals surface area (Å²) < 4.78 is 0. The van der Waals surface area contributed by atoms with Gasteiger partial charge in [0.25, 0.3) is 0 Å². The summed E-state index contributed by atoms with van der Waals surface area (Å²) in [4.78, 5) is 11.4. The van der Waals surface area contributed by atoms with E-state index < -0.39 is 0 Å². The maximum atomic E-state index is 4.40. The van der Waals surface area contributed by atoms with Crippen LogP contribution in [0.25, 0.3) is 11.4 Å². The van der Waals surface area contributed by atoms with E-state index in [0.29, 0.717) is 0 Å². The monoisotopic (exact) mass is 281 g/mol. The SMILES string of the molecule is Cc1ccc(CNc2cnc(-c3ccccc3)nc2)s1. The molecule has 4 heteroatoms. The molecule has 1 N–H and O–H groups in total. The molecule has 100 valence electrons. The molecule has 2 aromatic heterocycles. The second-order valence-electron chi connectivity index (χ2n) is 4.53. The van der Waals surface area contributed by atoms with Gasteiger partial charge in [0.2, 0.25) is 0 Å². The minimum atomic E-state index is 0.753. The molecule has 0 spiro atoms. The number of nitrogens with zero attached hydrogens (tertiary/aromatic N) is 2. The minimum Gasteiger partial charge on any atom is -0.378 e. The topological polar surface area (TPSA) is 37.8 Å². The number of aromatic nitrogens is 2. The summed E-state index contributed by atoms with van der Waals surface area (Å²) in [5.74, 6) is 0.753. The maximum Gasteiger partial charge on any atom is 0.159 e. The van der Waals surface area contributed by atoms with Crippen molar-refractivity contribution in [3.8, 4) is 11.4 Å². The number of thiophene rings is 1. The first-order valence-electron chi connectivity index (χ1n) is 6.48. The largest absolute Gasteiger partial charge is 0.378 e. The zero-order valence-corrected chi connectivity index (χ0v) is 12.0. The van der Waals surface area contributed by atoms with Crippen LogP contribution in [-0.2, 0) is 6.54 Å². The molecule has 20 heavy (non-hydrogen) atoms. The fourth-order valence-electron chi connectivity index (χ4n) is 1.92. The summed E-state index contributed by atoms with van der Waals surface area (Å²) in [7, 11) is 0. The first-order chi connectivity index (χ1) is 9.81. The van der Waals surface area contributed by atoms with Gasteiger partial charge in [-0.2, -0.15) is 0 Å². The second kappa shape index (κ2) is 5.84. The average molecular weight is 281 g/mol. The lowest BCUT2D eigenvalue weighted by atomic mass is 10.2. The zero-order valence-electron chi connectivity index (χ0n) is 11.2. The lowest BCUT2D eigenvalue weighted by Crippen LogP contribution is -1.99. The zero-order chi connectivity index (χ0) is 13.8. The Labute approximate surface area is 122 Å². The Bertz CT molecular complexity index is 674. The van der Waals surface area contributed by atoms with Crippen molar-refractivity contribution in [2.45, 2.75) is 13.5 Å². The van der Waals surface area contributed by atoms with Crippen molar-refractivity contribution in [2.75, 3.05) is 5.32 Å². The third-order valence-corrected chi connectivity index (χ3v) is 3.95. The van der Waals surface area contributed by atoms with Gasteiger partial charge in [0.15, 0.2) is 5.82 Å². The van der Waals surface area contributed by atoms with E-state index in [1.54, 1.807) is 11.3 Å². The third-order valence-electron chi connectivity index (χ3n) is 2.95. The number of anilines is 1. The van der Waals surface area contributed by atoms with E-state index in [0.717, 1.165) is 23.6 Å². The molecule has 3 rings (SSSR count). The standard InChI is InChI=1S/C16H15N3S/c1-12-7-8-15(20-12)11-17-14-9-18-16(19-10-14)13-5-3-2-4-6-13/h2-10,17H,11H2,1H3. The number of aryl methyl sites for hydroxylation is 1. The Morgan fingerprint density at radius 1 is 1.00 bits per heavy atom. The quantitative estimate of drug-likeness (QED) is 0.781. The Morgan fingerprint density at radius 2 is 1.75 bits per heavy atom. The maximum absolute atomic E-state index is 4.40. The Morgan fingerprint density at radius 3 is 2.40 bits per heavy atom. The van der Waals surface area contributed by atoms with E-state index >= 15 is 0 Å². The van der Waals surface area contributed by atoms with Crippen molar-refractivity contribution in [2.24, 2.45) is 0 Å². The fraction of sp³-hybridized carbons (Fsp3) is 0.125. The molecule has 0 fully saturated rings. The van der Waals surface area contributed by atoms with Gasteiger partial charge in [-0.3, -0.25) is 0 Å². The van der Waals surface area contributed by atoms with Crippen molar-refractivity contribution in [3.63, 3.8) is 0 Å². The van der Waals surface area contributed by atoms with E-state index in [1.165, 1.54) is 9.75 Å². The van der Waals surface area contributed by atoms with Crippen molar-refractivity contribution in [3.05, 3.63) is 64.6 Å². The first kappa shape index (κ1) is 12.8. The van der Waals surface area contributed by atoms with Gasteiger partial charge in [-0.15, -0.1) is 11.3 Å². The van der Waals surface area contributed by atoms with Gasteiger partial charge in [0, 0.05) is 21.9 Å². The van der Waals surface area contributed by atoms with E-state index in [1.807, 2.05) is 42.7 Å². The number of hydrogen-bond acceptors (Lipinski definition) is 4. The molecule has 0 aliphatic heterocycles. The molecule has 0 radical (unpaired) electrons. The Kier molecular flexibility index (Phi) is 3.74. The summed E-state index contributed by atoms with van der Waals surface area (Å²) in [6, 6.07) is 14.3. The van der Waals surface area contributed by atoms with E-state index in [2.05, 4.69) is 34.3 Å². The van der Waals surface area contributed by atoms with Crippen LogP contribution in [0.3, 0.4) is 0 Å². The lowest BCUT2D eigenvalue weighted by molar-refractivity contribution is 1.12. The van der Waals surface area contributed by atoms with Crippen LogP contribution in [0, 0.1) is 6.92 Å². The molecule has 0 saturated carbocycles. The number of benzene rings is 1. The Hall–Kier alpha value is -2.20. The van der Waals surface area contributed by atoms with Crippen molar-refractivity contribution in [1.82, 2.24) is 9.97 Å². The summed E-state index contributed by atoms with van der Waals surface area (Å²) in [5.41, 5.74) is 1.98. The summed E-state index contributed by atoms with van der Waals surface area (Å²) in [6.07, 6.45) is 3.66. The number of nitrogens with one attached hydrogen (secondary N) is 1. The second-order valence-corrected chi connectivity index (χ2v) is 5.90. The highest BCUT2D eigenvalue weighted by molar-refractivity contribution is 7.11. The molecule has 3 nitrogen and oxygen atoms in total. The van der Waals surface area contributed by atoms with E-state index in [9.17, 15) is 0 Å². The predicted octanol–water partition coefficient (Wildman–Crippen LogP) is 4.13. The number of rotatable bonds is 4. The van der Waals surface area contributed by atoms with E-state index in [-0.39, 0.29) is 0 Å². The van der Waals surface area contributed by atoms with Gasteiger partial charge in [0.1, 0.15) is 0 Å². The van der Waals surface area contributed by atoms with Gasteiger partial charge in [-0.1, -0.05) is 30.3 Å². The Balaban J connectivity index is 1.67. The smallest absolute Gasteiger partial charge is 0.159 e. The van der Waals surface area contributed by atoms with Crippen LogP contribution in [0.2, 0.25) is 0 Å². The first-order valence-corrected chi connectivity index (χ1v) is 7.29. The van der Waals surface area contributed by atoms with Crippen LogP contribution in [0.15, 0.2) is 54.9 Å². The van der Waals surface area contributed by atoms with Crippen molar-refractivity contribution >= 4 is 17.0 Å². The van der Waals surface area contributed by atoms with Gasteiger partial charge < -0.3 is 5.32 Å². The highest BCUT2D eigenvalue weighted by atomic mass is 32.1. The summed E-state index contributed by atoms with van der Waals surface area (Å²) >= 11 is 1.80. The van der Waals surface area contributed by atoms with Gasteiger partial charge in [-0.25, -0.2) is 9.97 Å². The van der Waals surface area contributed by atoms with Crippen molar-refractivity contribution < 1.29 is 0 Å². The molecular weight excluding hydrogens is 266 g/mol. The highest BCUT2D eigenvalue weighted by Crippen LogP contribution is 2.18. The molecule has 0 aliphatic rings. The highest BCUT2D eigenvalue weighted by Gasteiger charge is 2.01. The normalized spacial score (nSPS) is 10.4. The van der Waals surface area contributed by atoms with Gasteiger partial charge in [-0.05, 0) is 19.1 Å².